The SMILES string of the molecule is Cl.O=C(N[C@H]1CCCNC1)c1cc(I)c[nH]1. The van der Waals surface area contributed by atoms with Crippen molar-refractivity contribution in [2.24, 2.45) is 0 Å². The van der Waals surface area contributed by atoms with E-state index in [9.17, 15) is 4.79 Å². The lowest BCUT2D eigenvalue weighted by molar-refractivity contribution is 0.0926. The fourth-order valence-electron chi connectivity index (χ4n) is 1.74. The van der Waals surface area contributed by atoms with Crippen molar-refractivity contribution in [2.45, 2.75) is 18.9 Å². The third-order valence-electron chi connectivity index (χ3n) is 2.52. The number of rotatable bonds is 2. The number of aromatic amines is 1. The zero-order valence-electron chi connectivity index (χ0n) is 8.75. The highest BCUT2D eigenvalue weighted by Gasteiger charge is 2.16. The summed E-state index contributed by atoms with van der Waals surface area (Å²) >= 11 is 2.18. The first-order valence-electron chi connectivity index (χ1n) is 5.11. The number of hydrogen-bond donors (Lipinski definition) is 3. The van der Waals surface area contributed by atoms with Crippen LogP contribution in [0.2, 0.25) is 0 Å². The first-order chi connectivity index (χ1) is 7.25. The Kier molecular flexibility index (Phi) is 5.57. The highest BCUT2D eigenvalue weighted by Crippen LogP contribution is 2.07. The van der Waals surface area contributed by atoms with Crippen LogP contribution in [0.25, 0.3) is 0 Å². The predicted molar refractivity (Wildman–Crippen MR) is 74.1 cm³/mol. The van der Waals surface area contributed by atoms with Crippen molar-refractivity contribution in [3.05, 3.63) is 21.5 Å². The van der Waals surface area contributed by atoms with Gasteiger partial charge in [-0.15, -0.1) is 12.4 Å². The Morgan fingerprint density at radius 3 is 2.94 bits per heavy atom. The van der Waals surface area contributed by atoms with Crippen LogP contribution in [-0.2, 0) is 0 Å². The molecule has 4 nitrogen and oxygen atoms in total. The van der Waals surface area contributed by atoms with E-state index in [4.69, 9.17) is 0 Å². The van der Waals surface area contributed by atoms with Crippen molar-refractivity contribution in [2.75, 3.05) is 13.1 Å². The van der Waals surface area contributed by atoms with Gasteiger partial charge >= 0.3 is 0 Å². The lowest BCUT2D eigenvalue weighted by Gasteiger charge is -2.23. The van der Waals surface area contributed by atoms with Crippen LogP contribution < -0.4 is 10.6 Å². The molecule has 1 aromatic rings. The standard InChI is InChI=1S/C10H14IN3O.ClH/c11-7-4-9(13-5-7)10(15)14-8-2-1-3-12-6-8;/h4-5,8,12-13H,1-3,6H2,(H,14,15);1H/t8-;/m0./s1. The van der Waals surface area contributed by atoms with Crippen LogP contribution in [0.3, 0.4) is 0 Å². The second-order valence-electron chi connectivity index (χ2n) is 3.75. The maximum atomic E-state index is 11.8. The average Bonchev–Trinajstić information content (AvgIpc) is 2.66. The van der Waals surface area contributed by atoms with Gasteiger partial charge in [-0.25, -0.2) is 0 Å². The Hall–Kier alpha value is -0.270. The Labute approximate surface area is 115 Å². The van der Waals surface area contributed by atoms with Gasteiger partial charge in [0.25, 0.3) is 5.91 Å². The van der Waals surface area contributed by atoms with E-state index in [1.54, 1.807) is 0 Å². The van der Waals surface area contributed by atoms with Crippen molar-refractivity contribution in [1.82, 2.24) is 15.6 Å². The molecule has 1 atom stereocenters. The molecule has 0 aromatic carbocycles. The van der Waals surface area contributed by atoms with E-state index in [1.807, 2.05) is 12.3 Å². The van der Waals surface area contributed by atoms with Crippen LogP contribution >= 0.6 is 35.0 Å². The molecule has 1 aromatic heterocycles. The number of H-pyrrole nitrogens is 1. The van der Waals surface area contributed by atoms with Crippen LogP contribution in [0.4, 0.5) is 0 Å². The number of hydrogen-bond acceptors (Lipinski definition) is 2. The molecule has 1 fully saturated rings. The van der Waals surface area contributed by atoms with E-state index in [1.165, 1.54) is 0 Å². The topological polar surface area (TPSA) is 56.9 Å². The number of piperidine rings is 1. The maximum Gasteiger partial charge on any atom is 0.267 e. The Morgan fingerprint density at radius 2 is 2.38 bits per heavy atom. The molecule has 0 aliphatic carbocycles. The van der Waals surface area contributed by atoms with Gasteiger partial charge < -0.3 is 15.6 Å². The fourth-order valence-corrected chi connectivity index (χ4v) is 2.20. The minimum Gasteiger partial charge on any atom is -0.356 e. The van der Waals surface area contributed by atoms with Crippen LogP contribution in [0.1, 0.15) is 23.3 Å². The summed E-state index contributed by atoms with van der Waals surface area (Å²) in [4.78, 5) is 14.7. The number of carbonyl (C=O) groups excluding carboxylic acids is 1. The molecule has 90 valence electrons. The minimum atomic E-state index is -0.00776. The predicted octanol–water partition coefficient (Wildman–Crippen LogP) is 1.52. The van der Waals surface area contributed by atoms with Crippen LogP contribution in [0, 0.1) is 3.57 Å². The monoisotopic (exact) mass is 355 g/mol. The van der Waals surface area contributed by atoms with Crippen molar-refractivity contribution in [3.8, 4) is 0 Å². The molecule has 2 heterocycles. The zero-order valence-corrected chi connectivity index (χ0v) is 11.7. The van der Waals surface area contributed by atoms with Crippen LogP contribution in [-0.4, -0.2) is 30.0 Å². The minimum absolute atomic E-state index is 0. The van der Waals surface area contributed by atoms with Crippen LogP contribution in [0.5, 0.6) is 0 Å². The number of halogens is 2. The summed E-state index contributed by atoms with van der Waals surface area (Å²) in [6.45, 7) is 1.94. The third-order valence-corrected chi connectivity index (χ3v) is 3.15. The Bertz CT molecular complexity index is 350. The van der Waals surface area contributed by atoms with Crippen molar-refractivity contribution in [3.63, 3.8) is 0 Å². The van der Waals surface area contributed by atoms with E-state index in [-0.39, 0.29) is 24.4 Å². The van der Waals surface area contributed by atoms with Crippen LogP contribution in [0.15, 0.2) is 12.3 Å². The fraction of sp³-hybridized carbons (Fsp3) is 0.500. The van der Waals surface area contributed by atoms with E-state index < -0.39 is 0 Å². The molecule has 16 heavy (non-hydrogen) atoms. The molecule has 1 amide bonds. The molecule has 1 saturated heterocycles. The third kappa shape index (κ3) is 3.64. The lowest BCUT2D eigenvalue weighted by Crippen LogP contribution is -2.45. The summed E-state index contributed by atoms with van der Waals surface area (Å²) < 4.78 is 1.06. The average molecular weight is 356 g/mol. The Balaban J connectivity index is 0.00000128. The highest BCUT2D eigenvalue weighted by atomic mass is 127. The van der Waals surface area contributed by atoms with Gasteiger partial charge in [-0.1, -0.05) is 0 Å². The first kappa shape index (κ1) is 13.8. The molecule has 6 heteroatoms. The van der Waals surface area contributed by atoms with Crippen molar-refractivity contribution >= 4 is 40.9 Å². The number of amides is 1. The van der Waals surface area contributed by atoms with Gasteiger partial charge in [0, 0.05) is 22.4 Å². The summed E-state index contributed by atoms with van der Waals surface area (Å²) in [6, 6.07) is 2.12. The molecule has 0 radical (unpaired) electrons. The summed E-state index contributed by atoms with van der Waals surface area (Å²) in [6.07, 6.45) is 4.03. The summed E-state index contributed by atoms with van der Waals surface area (Å²) in [5, 5.41) is 6.28. The Morgan fingerprint density at radius 1 is 1.56 bits per heavy atom. The van der Waals surface area contributed by atoms with Gasteiger partial charge in [-0.05, 0) is 48.0 Å². The van der Waals surface area contributed by atoms with E-state index in [2.05, 4.69) is 38.2 Å². The maximum absolute atomic E-state index is 11.8. The largest absolute Gasteiger partial charge is 0.356 e. The van der Waals surface area contributed by atoms with E-state index >= 15 is 0 Å². The molecule has 1 aliphatic rings. The molecular weight excluding hydrogens is 340 g/mol. The van der Waals surface area contributed by atoms with E-state index in [0.29, 0.717) is 5.69 Å². The number of carbonyl (C=O) groups is 1. The molecule has 2 rings (SSSR count). The molecular formula is C10H15ClIN3O. The first-order valence-corrected chi connectivity index (χ1v) is 6.19. The summed E-state index contributed by atoms with van der Waals surface area (Å²) in [7, 11) is 0. The van der Waals surface area contributed by atoms with Crippen molar-refractivity contribution in [1.29, 1.82) is 0 Å². The molecule has 1 aliphatic heterocycles. The highest BCUT2D eigenvalue weighted by molar-refractivity contribution is 14.1. The zero-order chi connectivity index (χ0) is 10.7. The molecule has 3 N–H and O–H groups in total. The van der Waals surface area contributed by atoms with Gasteiger partial charge in [-0.3, -0.25) is 4.79 Å². The van der Waals surface area contributed by atoms with Gasteiger partial charge in [0.2, 0.25) is 0 Å². The summed E-state index contributed by atoms with van der Waals surface area (Å²) in [5.74, 6) is -0.00776. The number of aromatic nitrogens is 1. The van der Waals surface area contributed by atoms with Gasteiger partial charge in [0.05, 0.1) is 0 Å². The van der Waals surface area contributed by atoms with E-state index in [0.717, 1.165) is 29.5 Å². The smallest absolute Gasteiger partial charge is 0.267 e. The van der Waals surface area contributed by atoms with Crippen molar-refractivity contribution < 1.29 is 4.79 Å². The molecule has 0 unspecified atom stereocenters. The summed E-state index contributed by atoms with van der Waals surface area (Å²) in [5.41, 5.74) is 0.643. The number of nitrogens with one attached hydrogen (secondary N) is 3. The van der Waals surface area contributed by atoms with Gasteiger partial charge in [0.15, 0.2) is 0 Å². The molecule has 0 saturated carbocycles. The molecule has 0 bridgehead atoms. The normalized spacial score (nSPS) is 19.9. The second-order valence-corrected chi connectivity index (χ2v) is 4.99. The van der Waals surface area contributed by atoms with Gasteiger partial charge in [-0.2, -0.15) is 0 Å². The quantitative estimate of drug-likeness (QED) is 0.705. The molecule has 0 spiro atoms. The second kappa shape index (κ2) is 6.46. The van der Waals surface area contributed by atoms with Gasteiger partial charge in [0.1, 0.15) is 5.69 Å². The lowest BCUT2D eigenvalue weighted by atomic mass is 10.1.